The fourth-order valence-corrected chi connectivity index (χ4v) is 3.05. The monoisotopic (exact) mass is 302 g/mol. The van der Waals surface area contributed by atoms with Crippen LogP contribution in [0.3, 0.4) is 0 Å². The smallest absolute Gasteiger partial charge is 0.169 e. The van der Waals surface area contributed by atoms with Crippen molar-refractivity contribution in [2.75, 3.05) is 21.3 Å². The van der Waals surface area contributed by atoms with Gasteiger partial charge in [0.25, 0.3) is 0 Å². The number of ether oxygens (including phenoxy) is 4. The minimum absolute atomic E-state index is 0.0884. The van der Waals surface area contributed by atoms with Crippen molar-refractivity contribution in [3.8, 4) is 17.2 Å². The van der Waals surface area contributed by atoms with Crippen LogP contribution in [0.4, 0.5) is 0 Å². The van der Waals surface area contributed by atoms with Crippen LogP contribution in [0.15, 0.2) is 24.3 Å². The van der Waals surface area contributed by atoms with Gasteiger partial charge in [0.2, 0.25) is 0 Å². The molecule has 0 radical (unpaired) electrons. The van der Waals surface area contributed by atoms with Crippen LogP contribution in [0.5, 0.6) is 17.2 Å². The average Bonchev–Trinajstić information content (AvgIpc) is 3.12. The van der Waals surface area contributed by atoms with E-state index in [2.05, 4.69) is 13.8 Å². The molecule has 4 nitrogen and oxygen atoms in total. The van der Waals surface area contributed by atoms with Gasteiger partial charge in [-0.05, 0) is 13.8 Å². The summed E-state index contributed by atoms with van der Waals surface area (Å²) in [5, 5.41) is 2.01. The van der Waals surface area contributed by atoms with Crippen molar-refractivity contribution in [1.82, 2.24) is 0 Å². The highest BCUT2D eigenvalue weighted by atomic mass is 16.6. The molecular weight excluding hydrogens is 280 g/mol. The summed E-state index contributed by atoms with van der Waals surface area (Å²) in [7, 11) is 5.02. The lowest BCUT2D eigenvalue weighted by atomic mass is 9.96. The first kappa shape index (κ1) is 15.0. The zero-order valence-electron chi connectivity index (χ0n) is 13.7. The van der Waals surface area contributed by atoms with Gasteiger partial charge >= 0.3 is 0 Å². The summed E-state index contributed by atoms with van der Waals surface area (Å²) in [5.74, 6) is 2.30. The Labute approximate surface area is 130 Å². The third-order valence-corrected chi connectivity index (χ3v) is 4.34. The van der Waals surface area contributed by atoms with Crippen molar-refractivity contribution in [3.63, 3.8) is 0 Å². The number of rotatable bonds is 5. The lowest BCUT2D eigenvalue weighted by Crippen LogP contribution is -2.09. The van der Waals surface area contributed by atoms with E-state index in [1.54, 1.807) is 21.3 Å². The lowest BCUT2D eigenvalue weighted by Gasteiger charge is -2.19. The van der Waals surface area contributed by atoms with Crippen LogP contribution in [-0.4, -0.2) is 33.0 Å². The van der Waals surface area contributed by atoms with Gasteiger partial charge in [0.15, 0.2) is 11.5 Å². The van der Waals surface area contributed by atoms with Crippen molar-refractivity contribution in [2.45, 2.75) is 32.0 Å². The van der Waals surface area contributed by atoms with E-state index in [-0.39, 0.29) is 11.7 Å². The summed E-state index contributed by atoms with van der Waals surface area (Å²) in [6.45, 7) is 4.18. The number of hydrogen-bond donors (Lipinski definition) is 0. The number of fused-ring (bicyclic) bond motifs is 1. The van der Waals surface area contributed by atoms with Crippen LogP contribution in [0, 0.1) is 0 Å². The molecule has 0 aliphatic carbocycles. The largest absolute Gasteiger partial charge is 0.496 e. The van der Waals surface area contributed by atoms with Crippen LogP contribution >= 0.6 is 0 Å². The second-order valence-corrected chi connectivity index (χ2v) is 6.04. The molecule has 0 spiro atoms. The van der Waals surface area contributed by atoms with E-state index >= 15 is 0 Å². The summed E-state index contributed by atoms with van der Waals surface area (Å²) >= 11 is 0. The molecule has 2 aromatic carbocycles. The zero-order valence-corrected chi connectivity index (χ0v) is 13.7. The van der Waals surface area contributed by atoms with Gasteiger partial charge < -0.3 is 18.9 Å². The normalized spacial score (nSPS) is 19.0. The van der Waals surface area contributed by atoms with E-state index in [4.69, 9.17) is 18.9 Å². The van der Waals surface area contributed by atoms with Crippen LogP contribution in [0.2, 0.25) is 0 Å². The van der Waals surface area contributed by atoms with Gasteiger partial charge in [0, 0.05) is 22.8 Å². The Hall–Kier alpha value is -1.94. The first-order valence-corrected chi connectivity index (χ1v) is 7.40. The molecule has 2 aromatic rings. The molecule has 0 unspecified atom stereocenters. The van der Waals surface area contributed by atoms with Gasteiger partial charge in [-0.25, -0.2) is 0 Å². The van der Waals surface area contributed by atoms with E-state index in [1.165, 1.54) is 0 Å². The molecule has 118 valence electrons. The first-order valence-electron chi connectivity index (χ1n) is 7.40. The molecule has 0 N–H and O–H groups in total. The highest BCUT2D eigenvalue weighted by molar-refractivity contribution is 5.97. The summed E-state index contributed by atoms with van der Waals surface area (Å²) < 4.78 is 22.7. The molecule has 1 aliphatic heterocycles. The van der Waals surface area contributed by atoms with Crippen LogP contribution in [0.1, 0.15) is 19.4 Å². The molecule has 1 atom stereocenters. The minimum atomic E-state index is -0.0884. The Balaban J connectivity index is 2.23. The molecule has 1 heterocycles. The number of hydrogen-bond acceptors (Lipinski definition) is 4. The maximum Gasteiger partial charge on any atom is 0.169 e. The highest BCUT2D eigenvalue weighted by Gasteiger charge is 2.48. The third kappa shape index (κ3) is 2.28. The number of methoxy groups -OCH3 is 3. The van der Waals surface area contributed by atoms with E-state index in [0.29, 0.717) is 0 Å². The standard InChI is InChI=1S/C18H22O4/c1-18(2)14(22-18)10-13-15(19-3)11-8-6-7-9-12(11)16(20-4)17(13)21-5/h6-9,14H,10H2,1-5H3/t14-/m1/s1. The van der Waals surface area contributed by atoms with Crippen molar-refractivity contribution in [3.05, 3.63) is 29.8 Å². The molecule has 4 heteroatoms. The highest BCUT2D eigenvalue weighted by Crippen LogP contribution is 2.49. The van der Waals surface area contributed by atoms with Crippen molar-refractivity contribution >= 4 is 10.8 Å². The predicted molar refractivity (Wildman–Crippen MR) is 86.3 cm³/mol. The second kappa shape index (κ2) is 5.36. The fourth-order valence-electron chi connectivity index (χ4n) is 3.05. The maximum atomic E-state index is 5.74. The molecule has 0 aromatic heterocycles. The van der Waals surface area contributed by atoms with Gasteiger partial charge in [-0.3, -0.25) is 0 Å². The summed E-state index contributed by atoms with van der Waals surface area (Å²) in [4.78, 5) is 0. The number of epoxide rings is 1. The molecule has 3 rings (SSSR count). The zero-order chi connectivity index (χ0) is 15.9. The fraction of sp³-hybridized carbons (Fsp3) is 0.444. The molecule has 0 amide bonds. The van der Waals surface area contributed by atoms with E-state index in [9.17, 15) is 0 Å². The summed E-state index contributed by atoms with van der Waals surface area (Å²) in [6, 6.07) is 8.04. The molecule has 0 bridgehead atoms. The van der Waals surface area contributed by atoms with E-state index in [0.717, 1.165) is 40.0 Å². The van der Waals surface area contributed by atoms with E-state index < -0.39 is 0 Å². The average molecular weight is 302 g/mol. The van der Waals surface area contributed by atoms with Gasteiger partial charge in [0.1, 0.15) is 5.75 Å². The van der Waals surface area contributed by atoms with Gasteiger partial charge in [-0.2, -0.15) is 0 Å². The van der Waals surface area contributed by atoms with Gasteiger partial charge in [-0.1, -0.05) is 24.3 Å². The van der Waals surface area contributed by atoms with Gasteiger partial charge in [0.05, 0.1) is 33.0 Å². The lowest BCUT2D eigenvalue weighted by molar-refractivity contribution is 0.318. The van der Waals surface area contributed by atoms with Crippen molar-refractivity contribution in [2.24, 2.45) is 0 Å². The molecular formula is C18H22O4. The predicted octanol–water partition coefficient (Wildman–Crippen LogP) is 3.59. The Morgan fingerprint density at radius 3 is 1.86 bits per heavy atom. The van der Waals surface area contributed by atoms with Gasteiger partial charge in [-0.15, -0.1) is 0 Å². The third-order valence-electron chi connectivity index (χ3n) is 4.34. The quantitative estimate of drug-likeness (QED) is 0.791. The summed E-state index contributed by atoms with van der Waals surface area (Å²) in [5.41, 5.74) is 0.908. The second-order valence-electron chi connectivity index (χ2n) is 6.04. The molecule has 1 saturated heterocycles. The molecule has 1 aliphatic rings. The Bertz CT molecular complexity index is 706. The Kier molecular flexibility index (Phi) is 3.65. The summed E-state index contributed by atoms with van der Waals surface area (Å²) in [6.07, 6.45) is 0.904. The van der Waals surface area contributed by atoms with Crippen molar-refractivity contribution in [1.29, 1.82) is 0 Å². The number of benzene rings is 2. The minimum Gasteiger partial charge on any atom is -0.496 e. The SMILES string of the molecule is COc1c(C[C@H]2OC2(C)C)c(OC)c2ccccc2c1OC. The first-order chi connectivity index (χ1) is 10.5. The van der Waals surface area contributed by atoms with Crippen molar-refractivity contribution < 1.29 is 18.9 Å². The van der Waals surface area contributed by atoms with Crippen LogP contribution in [0.25, 0.3) is 10.8 Å². The molecule has 0 saturated carbocycles. The Morgan fingerprint density at radius 2 is 1.41 bits per heavy atom. The Morgan fingerprint density at radius 1 is 0.909 bits per heavy atom. The van der Waals surface area contributed by atoms with E-state index in [1.807, 2.05) is 24.3 Å². The molecule has 1 fully saturated rings. The van der Waals surface area contributed by atoms with Crippen LogP contribution < -0.4 is 14.2 Å². The maximum absolute atomic E-state index is 5.74. The topological polar surface area (TPSA) is 40.2 Å². The molecule has 22 heavy (non-hydrogen) atoms. The van der Waals surface area contributed by atoms with Crippen LogP contribution in [-0.2, 0) is 11.2 Å².